The first-order valence-electron chi connectivity index (χ1n) is 4.19. The van der Waals surface area contributed by atoms with E-state index in [1.54, 1.807) is 13.2 Å². The van der Waals surface area contributed by atoms with E-state index in [9.17, 15) is 9.59 Å². The van der Waals surface area contributed by atoms with Crippen molar-refractivity contribution in [3.63, 3.8) is 0 Å². The molecule has 0 radical (unpaired) electrons. The molecule has 1 heterocycles. The highest BCUT2D eigenvalue weighted by Crippen LogP contribution is 1.96. The summed E-state index contributed by atoms with van der Waals surface area (Å²) in [6, 6.07) is -0.473. The number of hydrazine groups is 2. The minimum atomic E-state index is -0.473. The summed E-state index contributed by atoms with van der Waals surface area (Å²) in [5, 5.41) is 1.09. The fourth-order valence-corrected chi connectivity index (χ4v) is 0.956. The lowest BCUT2D eigenvalue weighted by molar-refractivity contribution is -0.112. The third-order valence-corrected chi connectivity index (χ3v) is 1.57. The van der Waals surface area contributed by atoms with Gasteiger partial charge in [-0.2, -0.15) is 0 Å². The molecule has 1 aromatic heterocycles. The predicted molar refractivity (Wildman–Crippen MR) is 50.9 cm³/mol. The molecule has 8 nitrogen and oxygen atoms in total. The molecule has 0 aromatic carbocycles. The molecule has 0 aliphatic rings. The molecule has 15 heavy (non-hydrogen) atoms. The number of H-pyrrole nitrogens is 1. The summed E-state index contributed by atoms with van der Waals surface area (Å²) >= 11 is 0. The second kappa shape index (κ2) is 5.60. The Morgan fingerprint density at radius 3 is 3.07 bits per heavy atom. The molecule has 0 aliphatic heterocycles. The lowest BCUT2D eigenvalue weighted by atomic mass is 10.5. The first-order chi connectivity index (χ1) is 7.27. The van der Waals surface area contributed by atoms with Gasteiger partial charge >= 0.3 is 6.03 Å². The minimum absolute atomic E-state index is 0.201. The van der Waals surface area contributed by atoms with Crippen molar-refractivity contribution >= 4 is 12.4 Å². The number of aromatic amines is 1. The number of nitrogens with one attached hydrogen (secondary N) is 4. The number of imidazole rings is 1. The van der Waals surface area contributed by atoms with Crippen LogP contribution < -0.4 is 16.3 Å². The van der Waals surface area contributed by atoms with Gasteiger partial charge in [-0.1, -0.05) is 0 Å². The van der Waals surface area contributed by atoms with E-state index < -0.39 is 6.03 Å². The number of rotatable bonds is 5. The predicted octanol–water partition coefficient (Wildman–Crippen LogP) is -1.28. The van der Waals surface area contributed by atoms with Crippen LogP contribution in [0.3, 0.4) is 0 Å². The maximum absolute atomic E-state index is 11.4. The zero-order valence-corrected chi connectivity index (χ0v) is 8.15. The van der Waals surface area contributed by atoms with Crippen molar-refractivity contribution in [1.82, 2.24) is 31.3 Å². The van der Waals surface area contributed by atoms with E-state index in [-0.39, 0.29) is 6.54 Å². The van der Waals surface area contributed by atoms with Crippen LogP contribution in [-0.2, 0) is 11.3 Å². The van der Waals surface area contributed by atoms with Crippen molar-refractivity contribution in [3.8, 4) is 0 Å². The fraction of sp³-hybridized carbons (Fsp3) is 0.286. The summed E-state index contributed by atoms with van der Waals surface area (Å²) in [4.78, 5) is 28.2. The number of urea groups is 1. The van der Waals surface area contributed by atoms with E-state index in [1.807, 2.05) is 0 Å². The van der Waals surface area contributed by atoms with Crippen molar-refractivity contribution in [1.29, 1.82) is 0 Å². The van der Waals surface area contributed by atoms with Gasteiger partial charge in [-0.15, -0.1) is 0 Å². The zero-order chi connectivity index (χ0) is 11.1. The molecule has 0 atom stereocenters. The molecule has 4 N–H and O–H groups in total. The van der Waals surface area contributed by atoms with Gasteiger partial charge < -0.3 is 4.98 Å². The third-order valence-electron chi connectivity index (χ3n) is 1.57. The number of nitrogens with zero attached hydrogens (tertiary/aromatic N) is 2. The quantitative estimate of drug-likeness (QED) is 0.360. The van der Waals surface area contributed by atoms with Crippen molar-refractivity contribution in [2.45, 2.75) is 6.54 Å². The van der Waals surface area contributed by atoms with E-state index >= 15 is 0 Å². The SMILES string of the molecule is CNNC(=O)N(Cc1cnc[nH]1)NC=O. The Balaban J connectivity index is 2.57. The smallest absolute Gasteiger partial charge is 0.347 e. The van der Waals surface area contributed by atoms with Crippen LogP contribution in [0.2, 0.25) is 0 Å². The van der Waals surface area contributed by atoms with Crippen LogP contribution in [0.4, 0.5) is 4.79 Å². The first-order valence-corrected chi connectivity index (χ1v) is 4.19. The highest BCUT2D eigenvalue weighted by Gasteiger charge is 2.12. The van der Waals surface area contributed by atoms with Gasteiger partial charge in [-0.25, -0.2) is 20.2 Å². The molecule has 0 saturated heterocycles. The van der Waals surface area contributed by atoms with Gasteiger partial charge in [0.05, 0.1) is 18.6 Å². The Bertz CT molecular complexity index is 311. The summed E-state index contributed by atoms with van der Waals surface area (Å²) in [5.74, 6) is 0. The average molecular weight is 212 g/mol. The summed E-state index contributed by atoms with van der Waals surface area (Å²) in [7, 11) is 1.55. The van der Waals surface area contributed by atoms with Crippen LogP contribution in [0, 0.1) is 0 Å². The molecule has 82 valence electrons. The Kier molecular flexibility index (Phi) is 4.10. The fourth-order valence-electron chi connectivity index (χ4n) is 0.956. The summed E-state index contributed by atoms with van der Waals surface area (Å²) in [5.41, 5.74) is 7.75. The van der Waals surface area contributed by atoms with Gasteiger partial charge in [0.15, 0.2) is 0 Å². The lowest BCUT2D eigenvalue weighted by Gasteiger charge is -2.19. The van der Waals surface area contributed by atoms with Crippen molar-refractivity contribution < 1.29 is 9.59 Å². The van der Waals surface area contributed by atoms with Gasteiger partial charge in [-0.3, -0.25) is 15.6 Å². The Morgan fingerprint density at radius 1 is 1.73 bits per heavy atom. The van der Waals surface area contributed by atoms with Gasteiger partial charge in [0, 0.05) is 13.2 Å². The van der Waals surface area contributed by atoms with Crippen LogP contribution in [0.25, 0.3) is 0 Å². The number of aromatic nitrogens is 2. The molecular formula is C7H12N6O2. The van der Waals surface area contributed by atoms with Gasteiger partial charge in [-0.05, 0) is 0 Å². The Labute approximate surface area is 86.0 Å². The summed E-state index contributed by atoms with van der Waals surface area (Å²) < 4.78 is 0. The Hall–Kier alpha value is -2.09. The molecule has 1 rings (SSSR count). The number of amides is 3. The average Bonchev–Trinajstić information content (AvgIpc) is 2.70. The summed E-state index contributed by atoms with van der Waals surface area (Å²) in [6.07, 6.45) is 3.47. The van der Waals surface area contributed by atoms with Gasteiger partial charge in [0.25, 0.3) is 0 Å². The van der Waals surface area contributed by atoms with E-state index in [1.165, 1.54) is 6.33 Å². The van der Waals surface area contributed by atoms with Crippen molar-refractivity contribution in [3.05, 3.63) is 18.2 Å². The molecule has 0 aliphatic carbocycles. The normalized spacial score (nSPS) is 9.40. The van der Waals surface area contributed by atoms with E-state index in [2.05, 4.69) is 26.2 Å². The number of carbonyl (C=O) groups is 2. The molecular weight excluding hydrogens is 200 g/mol. The molecule has 0 bridgehead atoms. The van der Waals surface area contributed by atoms with E-state index in [0.717, 1.165) is 5.01 Å². The molecule has 0 fully saturated rings. The molecule has 1 aromatic rings. The highest BCUT2D eigenvalue weighted by molar-refractivity contribution is 5.74. The molecule has 0 spiro atoms. The maximum Gasteiger partial charge on any atom is 0.350 e. The van der Waals surface area contributed by atoms with Crippen LogP contribution in [0.5, 0.6) is 0 Å². The molecule has 0 saturated carbocycles. The first kappa shape index (κ1) is 11.0. The van der Waals surface area contributed by atoms with Crippen LogP contribution in [0.1, 0.15) is 5.69 Å². The second-order valence-electron chi connectivity index (χ2n) is 2.59. The highest BCUT2D eigenvalue weighted by atomic mass is 16.2. The van der Waals surface area contributed by atoms with Crippen LogP contribution in [-0.4, -0.2) is 34.5 Å². The largest absolute Gasteiger partial charge is 0.350 e. The third kappa shape index (κ3) is 3.27. The summed E-state index contributed by atoms with van der Waals surface area (Å²) in [6.45, 7) is 0.201. The van der Waals surface area contributed by atoms with Crippen LogP contribution >= 0.6 is 0 Å². The molecule has 3 amide bonds. The minimum Gasteiger partial charge on any atom is -0.347 e. The number of hydrogen-bond acceptors (Lipinski definition) is 4. The van der Waals surface area contributed by atoms with E-state index in [4.69, 9.17) is 0 Å². The zero-order valence-electron chi connectivity index (χ0n) is 8.15. The topological polar surface area (TPSA) is 102 Å². The monoisotopic (exact) mass is 212 g/mol. The van der Waals surface area contributed by atoms with Gasteiger partial charge in [0.1, 0.15) is 0 Å². The standard InChI is InChI=1S/C7H12N6O2/c1-8-12-7(15)13(11-5-14)3-6-2-9-4-10-6/h2,4-5,8H,3H2,1H3,(H,9,10)(H,11,14)(H,12,15). The van der Waals surface area contributed by atoms with Gasteiger partial charge in [0.2, 0.25) is 6.41 Å². The number of hydrogen-bond donors (Lipinski definition) is 4. The van der Waals surface area contributed by atoms with Crippen molar-refractivity contribution in [2.24, 2.45) is 0 Å². The molecule has 8 heteroatoms. The lowest BCUT2D eigenvalue weighted by Crippen LogP contribution is -2.50. The van der Waals surface area contributed by atoms with E-state index in [0.29, 0.717) is 12.1 Å². The maximum atomic E-state index is 11.4. The Morgan fingerprint density at radius 2 is 2.53 bits per heavy atom. The second-order valence-corrected chi connectivity index (χ2v) is 2.59. The van der Waals surface area contributed by atoms with Crippen LogP contribution in [0.15, 0.2) is 12.5 Å². The van der Waals surface area contributed by atoms with Crippen molar-refractivity contribution in [2.75, 3.05) is 7.05 Å². The molecule has 0 unspecified atom stereocenters. The number of carbonyl (C=O) groups excluding carboxylic acids is 2.